The molecule has 9 heteroatoms. The van der Waals surface area contributed by atoms with Crippen molar-refractivity contribution < 1.29 is 14.5 Å². The zero-order valence-corrected chi connectivity index (χ0v) is 13.1. The molecule has 0 saturated heterocycles. The Morgan fingerprint density at radius 2 is 2.12 bits per heavy atom. The quantitative estimate of drug-likeness (QED) is 0.564. The van der Waals surface area contributed by atoms with Gasteiger partial charge in [0.05, 0.1) is 12.0 Å². The number of benzene rings is 2. The Morgan fingerprint density at radius 1 is 1.28 bits per heavy atom. The highest BCUT2D eigenvalue weighted by Gasteiger charge is 2.19. The highest BCUT2D eigenvalue weighted by molar-refractivity contribution is 6.05. The first-order valence-electron chi connectivity index (χ1n) is 7.17. The Hall–Kier alpha value is -3.75. The van der Waals surface area contributed by atoms with Crippen LogP contribution in [0.5, 0.6) is 5.75 Å². The molecule has 0 aliphatic rings. The molecule has 3 aromatic rings. The van der Waals surface area contributed by atoms with Gasteiger partial charge in [-0.25, -0.2) is 9.67 Å². The monoisotopic (exact) mass is 339 g/mol. The summed E-state index contributed by atoms with van der Waals surface area (Å²) < 4.78 is 6.36. The maximum atomic E-state index is 12.4. The normalized spacial score (nSPS) is 10.3. The van der Waals surface area contributed by atoms with Crippen molar-refractivity contribution in [3.05, 3.63) is 70.8 Å². The lowest BCUT2D eigenvalue weighted by atomic mass is 10.1. The fourth-order valence-corrected chi connectivity index (χ4v) is 2.24. The van der Waals surface area contributed by atoms with Crippen LogP contribution in [0.4, 0.5) is 11.4 Å². The number of nitrogens with zero attached hydrogens (tertiary/aromatic N) is 4. The first kappa shape index (κ1) is 16.1. The SMILES string of the molecule is COc1cccc(NC(=O)c2ccc(-n3cncn3)c([N+](=O)[O-])c2)c1. The van der Waals surface area contributed by atoms with E-state index >= 15 is 0 Å². The lowest BCUT2D eigenvalue weighted by Gasteiger charge is -2.08. The van der Waals surface area contributed by atoms with Gasteiger partial charge in [-0.1, -0.05) is 6.07 Å². The molecule has 0 radical (unpaired) electrons. The van der Waals surface area contributed by atoms with Gasteiger partial charge in [0, 0.05) is 23.4 Å². The summed E-state index contributed by atoms with van der Waals surface area (Å²) in [6.45, 7) is 0. The van der Waals surface area contributed by atoms with Crippen molar-refractivity contribution >= 4 is 17.3 Å². The molecule has 1 amide bonds. The third-order valence-corrected chi connectivity index (χ3v) is 3.43. The molecule has 2 aromatic carbocycles. The van der Waals surface area contributed by atoms with E-state index in [-0.39, 0.29) is 16.9 Å². The van der Waals surface area contributed by atoms with E-state index in [9.17, 15) is 14.9 Å². The van der Waals surface area contributed by atoms with Crippen molar-refractivity contribution in [2.45, 2.75) is 0 Å². The van der Waals surface area contributed by atoms with Crippen LogP contribution in [-0.2, 0) is 0 Å². The lowest BCUT2D eigenvalue weighted by molar-refractivity contribution is -0.384. The van der Waals surface area contributed by atoms with Crippen molar-refractivity contribution in [1.82, 2.24) is 14.8 Å². The number of ether oxygens (including phenoxy) is 1. The molecule has 0 unspecified atom stereocenters. The zero-order chi connectivity index (χ0) is 17.8. The summed E-state index contributed by atoms with van der Waals surface area (Å²) in [5.41, 5.74) is 0.648. The highest BCUT2D eigenvalue weighted by Crippen LogP contribution is 2.24. The summed E-state index contributed by atoms with van der Waals surface area (Å²) in [6, 6.07) is 11.0. The molecule has 1 aromatic heterocycles. The molecule has 3 rings (SSSR count). The van der Waals surface area contributed by atoms with Crippen LogP contribution >= 0.6 is 0 Å². The molecule has 0 saturated carbocycles. The molecule has 126 valence electrons. The van der Waals surface area contributed by atoms with Gasteiger partial charge in [0.25, 0.3) is 11.6 Å². The maximum Gasteiger partial charge on any atom is 0.295 e. The summed E-state index contributed by atoms with van der Waals surface area (Å²) in [7, 11) is 1.52. The number of nitrogens with one attached hydrogen (secondary N) is 1. The first-order valence-corrected chi connectivity index (χ1v) is 7.17. The molecule has 1 heterocycles. The van der Waals surface area contributed by atoms with Gasteiger partial charge in [0.1, 0.15) is 24.1 Å². The molecule has 9 nitrogen and oxygen atoms in total. The van der Waals surface area contributed by atoms with Crippen LogP contribution < -0.4 is 10.1 Å². The van der Waals surface area contributed by atoms with Crippen molar-refractivity contribution in [2.75, 3.05) is 12.4 Å². The first-order chi connectivity index (χ1) is 12.1. The van der Waals surface area contributed by atoms with Crippen LogP contribution in [0.1, 0.15) is 10.4 Å². The maximum absolute atomic E-state index is 12.4. The van der Waals surface area contributed by atoms with Gasteiger partial charge in [-0.2, -0.15) is 5.10 Å². The van der Waals surface area contributed by atoms with Crippen molar-refractivity contribution in [3.8, 4) is 11.4 Å². The van der Waals surface area contributed by atoms with Crippen LogP contribution in [-0.4, -0.2) is 32.7 Å². The number of carbonyl (C=O) groups excluding carboxylic acids is 1. The van der Waals surface area contributed by atoms with Crippen LogP contribution in [0, 0.1) is 10.1 Å². The predicted molar refractivity (Wildman–Crippen MR) is 89.0 cm³/mol. The second-order valence-corrected chi connectivity index (χ2v) is 4.99. The van der Waals surface area contributed by atoms with Crippen molar-refractivity contribution in [2.24, 2.45) is 0 Å². The Balaban J connectivity index is 1.90. The number of nitro groups is 1. The van der Waals surface area contributed by atoms with Gasteiger partial charge in [-0.05, 0) is 24.3 Å². The Morgan fingerprint density at radius 3 is 2.80 bits per heavy atom. The second-order valence-electron chi connectivity index (χ2n) is 4.99. The summed E-state index contributed by atoms with van der Waals surface area (Å²) in [4.78, 5) is 26.9. The van der Waals surface area contributed by atoms with Gasteiger partial charge in [0.2, 0.25) is 0 Å². The molecule has 0 spiro atoms. The molecule has 0 aliphatic heterocycles. The summed E-state index contributed by atoms with van der Waals surface area (Å²) in [5.74, 6) is 0.117. The van der Waals surface area contributed by atoms with Gasteiger partial charge in [0.15, 0.2) is 0 Å². The summed E-state index contributed by atoms with van der Waals surface area (Å²) >= 11 is 0. The number of aromatic nitrogens is 3. The Labute approximate surface area is 142 Å². The van der Waals surface area contributed by atoms with E-state index in [4.69, 9.17) is 4.74 Å². The second kappa shape index (κ2) is 6.79. The molecule has 0 bridgehead atoms. The molecule has 0 atom stereocenters. The minimum atomic E-state index is -0.570. The number of rotatable bonds is 5. The Kier molecular flexibility index (Phi) is 4.38. The standard InChI is InChI=1S/C16H13N5O4/c1-25-13-4-2-3-12(8-13)19-16(22)11-5-6-14(15(7-11)21(23)24)20-10-17-9-18-20/h2-10H,1H3,(H,19,22). The molecular weight excluding hydrogens is 326 g/mol. The highest BCUT2D eigenvalue weighted by atomic mass is 16.6. The largest absolute Gasteiger partial charge is 0.497 e. The van der Waals surface area contributed by atoms with Crippen molar-refractivity contribution in [3.63, 3.8) is 0 Å². The van der Waals surface area contributed by atoms with Gasteiger partial charge < -0.3 is 10.1 Å². The molecule has 0 aliphatic carbocycles. The number of hydrogen-bond acceptors (Lipinski definition) is 6. The Bertz CT molecular complexity index is 924. The average Bonchev–Trinajstić information content (AvgIpc) is 3.15. The minimum absolute atomic E-state index is 0.151. The van der Waals surface area contributed by atoms with E-state index in [0.29, 0.717) is 11.4 Å². The van der Waals surface area contributed by atoms with E-state index < -0.39 is 10.8 Å². The molecule has 0 fully saturated rings. The number of carbonyl (C=O) groups is 1. The van der Waals surface area contributed by atoms with Gasteiger partial charge in [-0.15, -0.1) is 0 Å². The molecule has 1 N–H and O–H groups in total. The van der Waals surface area contributed by atoms with E-state index in [1.165, 1.54) is 42.6 Å². The predicted octanol–water partition coefficient (Wildman–Crippen LogP) is 2.44. The van der Waals surface area contributed by atoms with Gasteiger partial charge >= 0.3 is 0 Å². The minimum Gasteiger partial charge on any atom is -0.497 e. The number of methoxy groups -OCH3 is 1. The average molecular weight is 339 g/mol. The number of hydrogen-bond donors (Lipinski definition) is 1. The van der Waals surface area contributed by atoms with Gasteiger partial charge in [-0.3, -0.25) is 14.9 Å². The zero-order valence-electron chi connectivity index (χ0n) is 13.1. The summed E-state index contributed by atoms with van der Waals surface area (Å²) in [6.07, 6.45) is 2.62. The molecule has 25 heavy (non-hydrogen) atoms. The van der Waals surface area contributed by atoms with E-state index in [0.717, 1.165) is 0 Å². The fourth-order valence-electron chi connectivity index (χ4n) is 2.24. The van der Waals surface area contributed by atoms with E-state index in [2.05, 4.69) is 15.4 Å². The number of amides is 1. The third kappa shape index (κ3) is 3.44. The number of nitro benzene ring substituents is 1. The van der Waals surface area contributed by atoms with Crippen LogP contribution in [0.15, 0.2) is 55.1 Å². The van der Waals surface area contributed by atoms with E-state index in [1.807, 2.05) is 0 Å². The topological polar surface area (TPSA) is 112 Å². The van der Waals surface area contributed by atoms with Crippen molar-refractivity contribution in [1.29, 1.82) is 0 Å². The smallest absolute Gasteiger partial charge is 0.295 e. The van der Waals surface area contributed by atoms with Crippen LogP contribution in [0.3, 0.4) is 0 Å². The lowest BCUT2D eigenvalue weighted by Crippen LogP contribution is -2.13. The fraction of sp³-hybridized carbons (Fsp3) is 0.0625. The van der Waals surface area contributed by atoms with E-state index in [1.54, 1.807) is 24.3 Å². The van der Waals surface area contributed by atoms with Crippen LogP contribution in [0.25, 0.3) is 5.69 Å². The molecular formula is C16H13N5O4. The van der Waals surface area contributed by atoms with Crippen LogP contribution in [0.2, 0.25) is 0 Å². The summed E-state index contributed by atoms with van der Waals surface area (Å²) in [5, 5.41) is 17.9. The third-order valence-electron chi connectivity index (χ3n) is 3.43. The number of anilines is 1.